The van der Waals surface area contributed by atoms with Gasteiger partial charge in [-0.1, -0.05) is 19.8 Å². The Kier molecular flexibility index (Phi) is 3.82. The Labute approximate surface area is 116 Å². The zero-order valence-corrected chi connectivity index (χ0v) is 12.3. The van der Waals surface area contributed by atoms with Crippen LogP contribution in [0.25, 0.3) is 0 Å². The maximum atomic E-state index is 12.7. The molecule has 102 valence electrons. The van der Waals surface area contributed by atoms with Crippen LogP contribution in [0.5, 0.6) is 0 Å². The number of rotatable bonds is 2. The third-order valence-corrected chi connectivity index (χ3v) is 5.87. The Morgan fingerprint density at radius 3 is 2.39 bits per heavy atom. The topological polar surface area (TPSA) is 20.2 Å². The summed E-state index contributed by atoms with van der Waals surface area (Å²) in [6, 6.07) is 0. The van der Waals surface area contributed by atoms with Gasteiger partial charge >= 0.3 is 6.18 Å². The van der Waals surface area contributed by atoms with Crippen LogP contribution in [-0.2, 0) is 6.18 Å². The summed E-state index contributed by atoms with van der Waals surface area (Å²) in [4.78, 5) is 0.395. The summed E-state index contributed by atoms with van der Waals surface area (Å²) in [6.07, 6.45) is -1.41. The summed E-state index contributed by atoms with van der Waals surface area (Å²) in [5, 5.41) is 11.4. The number of aliphatic hydroxyl groups is 1. The van der Waals surface area contributed by atoms with E-state index in [1.807, 2.05) is 6.92 Å². The van der Waals surface area contributed by atoms with Crippen molar-refractivity contribution in [2.45, 2.75) is 44.9 Å². The van der Waals surface area contributed by atoms with Gasteiger partial charge in [-0.15, -0.1) is 11.3 Å². The molecule has 1 saturated carbocycles. The first-order chi connectivity index (χ1) is 8.26. The highest BCUT2D eigenvalue weighted by Crippen LogP contribution is 2.51. The van der Waals surface area contributed by atoms with Crippen molar-refractivity contribution in [2.24, 2.45) is 5.41 Å². The smallest absolute Gasteiger partial charge is 0.387 e. The first kappa shape index (κ1) is 14.3. The third-order valence-electron chi connectivity index (χ3n) is 3.72. The number of hydrogen-bond donors (Lipinski definition) is 1. The lowest BCUT2D eigenvalue weighted by Crippen LogP contribution is -2.21. The average molecular weight is 343 g/mol. The second-order valence-electron chi connectivity index (χ2n) is 5.09. The van der Waals surface area contributed by atoms with Gasteiger partial charge < -0.3 is 5.11 Å². The monoisotopic (exact) mass is 342 g/mol. The number of hydrogen-bond acceptors (Lipinski definition) is 2. The molecule has 1 aliphatic carbocycles. The van der Waals surface area contributed by atoms with E-state index in [9.17, 15) is 18.3 Å². The van der Waals surface area contributed by atoms with E-state index in [0.717, 1.165) is 42.4 Å². The van der Waals surface area contributed by atoms with Crippen LogP contribution in [-0.4, -0.2) is 5.11 Å². The Bertz CT molecular complexity index is 435. The van der Waals surface area contributed by atoms with E-state index < -0.39 is 17.8 Å². The van der Waals surface area contributed by atoms with Crippen molar-refractivity contribution >= 4 is 27.3 Å². The molecule has 1 aliphatic rings. The molecule has 1 fully saturated rings. The molecule has 1 heterocycles. The molecule has 0 aliphatic heterocycles. The minimum absolute atomic E-state index is 0.000579. The Hall–Kier alpha value is -0.0700. The van der Waals surface area contributed by atoms with Crippen molar-refractivity contribution in [3.05, 3.63) is 20.3 Å². The molecule has 1 aromatic heterocycles. The van der Waals surface area contributed by atoms with Gasteiger partial charge in [-0.3, -0.25) is 0 Å². The van der Waals surface area contributed by atoms with E-state index in [1.165, 1.54) is 0 Å². The number of aliphatic hydroxyl groups excluding tert-OH is 1. The van der Waals surface area contributed by atoms with Gasteiger partial charge in [-0.05, 0) is 34.2 Å². The van der Waals surface area contributed by atoms with Gasteiger partial charge in [-0.25, -0.2) is 0 Å². The molecule has 0 aromatic carbocycles. The highest BCUT2D eigenvalue weighted by molar-refractivity contribution is 9.10. The van der Waals surface area contributed by atoms with Gasteiger partial charge in [0.25, 0.3) is 0 Å². The molecule has 1 atom stereocenters. The zero-order chi connectivity index (χ0) is 13.6. The van der Waals surface area contributed by atoms with Crippen molar-refractivity contribution in [1.29, 1.82) is 0 Å². The standard InChI is InChI=1S/C12H14BrF3OS/c1-11(4-2-3-5-11)10(17)9-8(13)7(6-18-9)12(14,15)16/h6,10,17H,2-5H2,1H3. The van der Waals surface area contributed by atoms with Crippen molar-refractivity contribution in [3.8, 4) is 0 Å². The fraction of sp³-hybridized carbons (Fsp3) is 0.667. The van der Waals surface area contributed by atoms with Crippen LogP contribution in [0.3, 0.4) is 0 Å². The summed E-state index contributed by atoms with van der Waals surface area (Å²) < 4.78 is 38.1. The van der Waals surface area contributed by atoms with Gasteiger partial charge in [0.2, 0.25) is 0 Å². The van der Waals surface area contributed by atoms with Crippen LogP contribution >= 0.6 is 27.3 Å². The molecule has 0 saturated heterocycles. The quantitative estimate of drug-likeness (QED) is 0.788. The van der Waals surface area contributed by atoms with Gasteiger partial charge in [0.1, 0.15) is 0 Å². The Balaban J connectivity index is 2.32. The minimum atomic E-state index is -4.37. The van der Waals surface area contributed by atoms with E-state index in [4.69, 9.17) is 0 Å². The van der Waals surface area contributed by atoms with Crippen molar-refractivity contribution in [2.75, 3.05) is 0 Å². The van der Waals surface area contributed by atoms with Crippen LogP contribution in [0.1, 0.15) is 49.2 Å². The molecule has 6 heteroatoms. The Morgan fingerprint density at radius 2 is 1.94 bits per heavy atom. The normalized spacial score (nSPS) is 21.2. The summed E-state index contributed by atoms with van der Waals surface area (Å²) in [6.45, 7) is 1.95. The van der Waals surface area contributed by atoms with Gasteiger partial charge in [0.05, 0.1) is 11.7 Å². The van der Waals surface area contributed by atoms with E-state index >= 15 is 0 Å². The van der Waals surface area contributed by atoms with Gasteiger partial charge in [0.15, 0.2) is 0 Å². The molecule has 18 heavy (non-hydrogen) atoms. The maximum Gasteiger partial charge on any atom is 0.418 e. The minimum Gasteiger partial charge on any atom is -0.387 e. The fourth-order valence-corrected chi connectivity index (χ4v) is 4.62. The molecular formula is C12H14BrF3OS. The van der Waals surface area contributed by atoms with Crippen LogP contribution in [0.4, 0.5) is 13.2 Å². The SMILES string of the molecule is CC1(C(O)c2scc(C(F)(F)F)c2Br)CCCC1. The zero-order valence-electron chi connectivity index (χ0n) is 9.85. The summed E-state index contributed by atoms with van der Waals surface area (Å²) in [5.41, 5.74) is -0.987. The molecule has 0 spiro atoms. The molecule has 1 N–H and O–H groups in total. The predicted molar refractivity (Wildman–Crippen MR) is 68.6 cm³/mol. The number of alkyl halides is 3. The first-order valence-electron chi connectivity index (χ1n) is 5.78. The van der Waals surface area contributed by atoms with E-state index in [1.54, 1.807) is 0 Å². The third kappa shape index (κ3) is 2.47. The molecule has 0 radical (unpaired) electrons. The molecular weight excluding hydrogens is 329 g/mol. The summed E-state index contributed by atoms with van der Waals surface area (Å²) >= 11 is 3.97. The molecule has 1 unspecified atom stereocenters. The highest BCUT2D eigenvalue weighted by atomic mass is 79.9. The highest BCUT2D eigenvalue weighted by Gasteiger charge is 2.41. The largest absolute Gasteiger partial charge is 0.418 e. The van der Waals surface area contributed by atoms with Crippen molar-refractivity contribution in [1.82, 2.24) is 0 Å². The van der Waals surface area contributed by atoms with Crippen molar-refractivity contribution in [3.63, 3.8) is 0 Å². The van der Waals surface area contributed by atoms with Gasteiger partial charge in [-0.2, -0.15) is 13.2 Å². The van der Waals surface area contributed by atoms with Crippen LogP contribution in [0.2, 0.25) is 0 Å². The van der Waals surface area contributed by atoms with Crippen LogP contribution in [0, 0.1) is 5.41 Å². The molecule has 1 aromatic rings. The van der Waals surface area contributed by atoms with E-state index in [2.05, 4.69) is 15.9 Å². The van der Waals surface area contributed by atoms with E-state index in [-0.39, 0.29) is 9.89 Å². The molecule has 0 bridgehead atoms. The van der Waals surface area contributed by atoms with E-state index in [0.29, 0.717) is 4.88 Å². The predicted octanol–water partition coefficient (Wildman–Crippen LogP) is 5.14. The average Bonchev–Trinajstić information content (AvgIpc) is 2.83. The van der Waals surface area contributed by atoms with Gasteiger partial charge in [0, 0.05) is 14.7 Å². The molecule has 1 nitrogen and oxygen atoms in total. The van der Waals surface area contributed by atoms with Crippen LogP contribution in [0.15, 0.2) is 9.85 Å². The molecule has 2 rings (SSSR count). The van der Waals surface area contributed by atoms with Crippen LogP contribution < -0.4 is 0 Å². The molecule has 0 amide bonds. The number of thiophene rings is 1. The maximum absolute atomic E-state index is 12.7. The fourth-order valence-electron chi connectivity index (χ4n) is 2.51. The first-order valence-corrected chi connectivity index (χ1v) is 7.45. The lowest BCUT2D eigenvalue weighted by Gasteiger charge is -2.29. The number of halogens is 4. The van der Waals surface area contributed by atoms with Crippen molar-refractivity contribution < 1.29 is 18.3 Å². The lowest BCUT2D eigenvalue weighted by molar-refractivity contribution is -0.138. The Morgan fingerprint density at radius 1 is 1.39 bits per heavy atom. The second kappa shape index (κ2) is 4.80. The summed E-state index contributed by atoms with van der Waals surface area (Å²) in [5.74, 6) is 0. The summed E-state index contributed by atoms with van der Waals surface area (Å²) in [7, 11) is 0. The second-order valence-corrected chi connectivity index (χ2v) is 6.79. The lowest BCUT2D eigenvalue weighted by atomic mass is 9.82.